The predicted octanol–water partition coefficient (Wildman–Crippen LogP) is 5.84. The Labute approximate surface area is 137 Å². The van der Waals surface area contributed by atoms with Gasteiger partial charge in [-0.3, -0.25) is 0 Å². The standard InChI is InChI=1S/C17H14BrClN2/c1-10(2)15-14(18)16(19)21-17(20-15)13-8-7-11-5-3-4-6-12(11)9-13/h3-10H,1-2H3. The van der Waals surface area contributed by atoms with E-state index in [9.17, 15) is 0 Å². The quantitative estimate of drug-likeness (QED) is 0.536. The lowest BCUT2D eigenvalue weighted by Gasteiger charge is -2.11. The molecular formula is C17H14BrClN2. The van der Waals surface area contributed by atoms with Gasteiger partial charge >= 0.3 is 0 Å². The molecular weight excluding hydrogens is 348 g/mol. The van der Waals surface area contributed by atoms with Crippen LogP contribution in [0.3, 0.4) is 0 Å². The van der Waals surface area contributed by atoms with Crippen molar-refractivity contribution in [3.8, 4) is 11.4 Å². The highest BCUT2D eigenvalue weighted by Crippen LogP contribution is 2.31. The maximum Gasteiger partial charge on any atom is 0.161 e. The molecule has 0 aliphatic carbocycles. The Morgan fingerprint density at radius 2 is 1.71 bits per heavy atom. The zero-order valence-corrected chi connectivity index (χ0v) is 14.1. The van der Waals surface area contributed by atoms with Gasteiger partial charge in [0, 0.05) is 5.56 Å². The van der Waals surface area contributed by atoms with Crippen LogP contribution in [-0.2, 0) is 0 Å². The van der Waals surface area contributed by atoms with Crippen molar-refractivity contribution in [2.75, 3.05) is 0 Å². The lowest BCUT2D eigenvalue weighted by Crippen LogP contribution is -2.00. The lowest BCUT2D eigenvalue weighted by atomic mass is 10.1. The maximum atomic E-state index is 6.23. The molecule has 4 heteroatoms. The Morgan fingerprint density at radius 1 is 1.00 bits per heavy atom. The minimum atomic E-state index is 0.277. The van der Waals surface area contributed by atoms with Crippen LogP contribution >= 0.6 is 27.5 Å². The molecule has 0 saturated heterocycles. The number of rotatable bonds is 2. The first-order valence-electron chi connectivity index (χ1n) is 6.78. The van der Waals surface area contributed by atoms with E-state index in [-0.39, 0.29) is 5.92 Å². The van der Waals surface area contributed by atoms with Crippen LogP contribution in [0, 0.1) is 0 Å². The van der Waals surface area contributed by atoms with E-state index < -0.39 is 0 Å². The summed E-state index contributed by atoms with van der Waals surface area (Å²) < 4.78 is 0.781. The van der Waals surface area contributed by atoms with Crippen molar-refractivity contribution in [1.29, 1.82) is 0 Å². The highest BCUT2D eigenvalue weighted by atomic mass is 79.9. The number of nitrogens with zero attached hydrogens (tertiary/aromatic N) is 2. The minimum Gasteiger partial charge on any atom is -0.232 e. The van der Waals surface area contributed by atoms with Gasteiger partial charge in [-0.15, -0.1) is 0 Å². The van der Waals surface area contributed by atoms with E-state index in [0.717, 1.165) is 15.7 Å². The number of benzene rings is 2. The normalized spacial score (nSPS) is 11.3. The zero-order chi connectivity index (χ0) is 15.0. The molecule has 0 fully saturated rings. The van der Waals surface area contributed by atoms with Crippen molar-refractivity contribution >= 4 is 38.3 Å². The van der Waals surface area contributed by atoms with Gasteiger partial charge in [0.05, 0.1) is 10.2 Å². The molecule has 21 heavy (non-hydrogen) atoms. The predicted molar refractivity (Wildman–Crippen MR) is 91.8 cm³/mol. The second kappa shape index (κ2) is 5.74. The van der Waals surface area contributed by atoms with Crippen LogP contribution in [0.15, 0.2) is 46.9 Å². The smallest absolute Gasteiger partial charge is 0.161 e. The third-order valence-electron chi connectivity index (χ3n) is 3.39. The number of aromatic nitrogens is 2. The summed E-state index contributed by atoms with van der Waals surface area (Å²) in [4.78, 5) is 9.07. The molecule has 3 rings (SSSR count). The van der Waals surface area contributed by atoms with Crippen LogP contribution in [0.25, 0.3) is 22.2 Å². The second-order valence-electron chi connectivity index (χ2n) is 5.25. The van der Waals surface area contributed by atoms with E-state index >= 15 is 0 Å². The van der Waals surface area contributed by atoms with Crippen molar-refractivity contribution in [3.63, 3.8) is 0 Å². The Morgan fingerprint density at radius 3 is 2.43 bits per heavy atom. The van der Waals surface area contributed by atoms with Crippen molar-refractivity contribution in [3.05, 3.63) is 57.8 Å². The van der Waals surface area contributed by atoms with Crippen LogP contribution in [0.4, 0.5) is 0 Å². The van der Waals surface area contributed by atoms with Crippen molar-refractivity contribution in [2.45, 2.75) is 19.8 Å². The van der Waals surface area contributed by atoms with Crippen molar-refractivity contribution in [2.24, 2.45) is 0 Å². The second-order valence-corrected chi connectivity index (χ2v) is 6.40. The summed E-state index contributed by atoms with van der Waals surface area (Å²) in [5.74, 6) is 0.941. The fourth-order valence-corrected chi connectivity index (χ4v) is 3.09. The topological polar surface area (TPSA) is 25.8 Å². The molecule has 1 heterocycles. The van der Waals surface area contributed by atoms with Gasteiger partial charge in [0.25, 0.3) is 0 Å². The summed E-state index contributed by atoms with van der Waals surface area (Å²) in [6.45, 7) is 4.18. The number of hydrogen-bond acceptors (Lipinski definition) is 2. The van der Waals surface area contributed by atoms with Gasteiger partial charge in [0.2, 0.25) is 0 Å². The minimum absolute atomic E-state index is 0.277. The first kappa shape index (κ1) is 14.5. The van der Waals surface area contributed by atoms with Gasteiger partial charge in [0.15, 0.2) is 5.82 Å². The first-order chi connectivity index (χ1) is 10.1. The first-order valence-corrected chi connectivity index (χ1v) is 7.95. The van der Waals surface area contributed by atoms with Gasteiger partial charge in [-0.25, -0.2) is 9.97 Å². The molecule has 0 amide bonds. The van der Waals surface area contributed by atoms with Crippen LogP contribution in [0.2, 0.25) is 5.15 Å². The van der Waals surface area contributed by atoms with E-state index in [0.29, 0.717) is 11.0 Å². The molecule has 0 aliphatic rings. The fourth-order valence-electron chi connectivity index (χ4n) is 2.28. The van der Waals surface area contributed by atoms with Crippen LogP contribution < -0.4 is 0 Å². The third-order valence-corrected chi connectivity index (χ3v) is 4.67. The van der Waals surface area contributed by atoms with Gasteiger partial charge in [-0.1, -0.05) is 61.8 Å². The monoisotopic (exact) mass is 360 g/mol. The molecule has 0 aliphatic heterocycles. The van der Waals surface area contributed by atoms with Crippen LogP contribution in [0.5, 0.6) is 0 Å². The molecule has 0 atom stereocenters. The summed E-state index contributed by atoms with van der Waals surface area (Å²) in [6.07, 6.45) is 0. The summed E-state index contributed by atoms with van der Waals surface area (Å²) in [5.41, 5.74) is 1.91. The molecule has 2 nitrogen and oxygen atoms in total. The number of fused-ring (bicyclic) bond motifs is 1. The molecule has 1 aromatic heterocycles. The molecule has 0 spiro atoms. The van der Waals surface area contributed by atoms with E-state index in [1.807, 2.05) is 18.2 Å². The molecule has 106 valence electrons. The summed E-state index contributed by atoms with van der Waals surface area (Å²) >= 11 is 9.70. The number of halogens is 2. The lowest BCUT2D eigenvalue weighted by molar-refractivity contribution is 0.809. The Hall–Kier alpha value is -1.45. The van der Waals surface area contributed by atoms with Crippen molar-refractivity contribution in [1.82, 2.24) is 9.97 Å². The third kappa shape index (κ3) is 2.81. The van der Waals surface area contributed by atoms with Gasteiger partial charge in [-0.2, -0.15) is 0 Å². The molecule has 0 saturated carbocycles. The zero-order valence-electron chi connectivity index (χ0n) is 11.8. The summed E-state index contributed by atoms with van der Waals surface area (Å²) in [7, 11) is 0. The van der Waals surface area contributed by atoms with E-state index in [2.05, 4.69) is 64.0 Å². The van der Waals surface area contributed by atoms with Crippen LogP contribution in [-0.4, -0.2) is 9.97 Å². The Balaban J connectivity index is 2.18. The Kier molecular flexibility index (Phi) is 3.96. The number of hydrogen-bond donors (Lipinski definition) is 0. The molecule has 0 N–H and O–H groups in total. The molecule has 3 aromatic rings. The maximum absolute atomic E-state index is 6.23. The SMILES string of the molecule is CC(C)c1nc(-c2ccc3ccccc3c2)nc(Cl)c1Br. The molecule has 0 unspecified atom stereocenters. The highest BCUT2D eigenvalue weighted by Gasteiger charge is 2.14. The fraction of sp³-hybridized carbons (Fsp3) is 0.176. The average Bonchev–Trinajstić information content (AvgIpc) is 2.49. The summed E-state index contributed by atoms with van der Waals surface area (Å²) in [6, 6.07) is 14.5. The van der Waals surface area contributed by atoms with E-state index in [4.69, 9.17) is 11.6 Å². The molecule has 2 aromatic carbocycles. The highest BCUT2D eigenvalue weighted by molar-refractivity contribution is 9.10. The van der Waals surface area contributed by atoms with Crippen molar-refractivity contribution < 1.29 is 0 Å². The van der Waals surface area contributed by atoms with E-state index in [1.54, 1.807) is 0 Å². The largest absolute Gasteiger partial charge is 0.232 e. The Bertz CT molecular complexity index is 815. The molecule has 0 bridgehead atoms. The molecule has 0 radical (unpaired) electrons. The van der Waals surface area contributed by atoms with Gasteiger partial charge in [-0.05, 0) is 38.7 Å². The summed E-state index contributed by atoms with van der Waals surface area (Å²) in [5, 5.41) is 2.83. The average molecular weight is 362 g/mol. The van der Waals surface area contributed by atoms with Gasteiger partial charge < -0.3 is 0 Å². The van der Waals surface area contributed by atoms with Crippen LogP contribution in [0.1, 0.15) is 25.5 Å². The van der Waals surface area contributed by atoms with E-state index in [1.165, 1.54) is 10.8 Å². The van der Waals surface area contributed by atoms with Gasteiger partial charge in [0.1, 0.15) is 5.15 Å².